The Labute approximate surface area is 123 Å². The second-order valence-electron chi connectivity index (χ2n) is 4.89. The first-order chi connectivity index (χ1) is 9.98. The van der Waals surface area contributed by atoms with Crippen molar-refractivity contribution in [3.05, 3.63) is 54.1 Å². The lowest BCUT2D eigenvalue weighted by molar-refractivity contribution is -0.114. The maximum Gasteiger partial charge on any atom is 0.266 e. The number of nitrogens with one attached hydrogen (secondary N) is 1. The minimum absolute atomic E-state index is 0.108. The van der Waals surface area contributed by atoms with E-state index in [0.29, 0.717) is 11.4 Å². The number of anilines is 2. The number of carbonyl (C=O) groups excluding carboxylic acids is 1. The van der Waals surface area contributed by atoms with Crippen molar-refractivity contribution in [2.75, 3.05) is 16.2 Å². The van der Waals surface area contributed by atoms with Gasteiger partial charge >= 0.3 is 0 Å². The first kappa shape index (κ1) is 13.6. The van der Waals surface area contributed by atoms with Gasteiger partial charge in [-0.25, -0.2) is 8.42 Å². The van der Waals surface area contributed by atoms with Crippen LogP contribution in [0.1, 0.15) is 5.56 Å². The maximum atomic E-state index is 12.8. The molecule has 0 fully saturated rings. The van der Waals surface area contributed by atoms with Gasteiger partial charge < -0.3 is 5.32 Å². The number of hydrogen-bond acceptors (Lipinski definition) is 3. The van der Waals surface area contributed by atoms with Crippen LogP contribution < -0.4 is 9.62 Å². The summed E-state index contributed by atoms with van der Waals surface area (Å²) in [6, 6.07) is 13.5. The highest BCUT2D eigenvalue weighted by atomic mass is 32.2. The molecule has 0 saturated heterocycles. The predicted molar refractivity (Wildman–Crippen MR) is 80.8 cm³/mol. The van der Waals surface area contributed by atoms with Crippen LogP contribution in [0.25, 0.3) is 0 Å². The topological polar surface area (TPSA) is 66.5 Å². The van der Waals surface area contributed by atoms with Crippen molar-refractivity contribution in [2.45, 2.75) is 11.8 Å². The number of nitrogens with zero attached hydrogens (tertiary/aromatic N) is 1. The number of hydrogen-bond donors (Lipinski definition) is 1. The molecule has 108 valence electrons. The number of fused-ring (bicyclic) bond motifs is 1. The zero-order valence-corrected chi connectivity index (χ0v) is 12.2. The summed E-state index contributed by atoms with van der Waals surface area (Å²) in [5, 5.41) is 2.63. The molecule has 0 radical (unpaired) electrons. The van der Waals surface area contributed by atoms with E-state index >= 15 is 0 Å². The van der Waals surface area contributed by atoms with Crippen molar-refractivity contribution in [2.24, 2.45) is 0 Å². The van der Waals surface area contributed by atoms with Gasteiger partial charge in [-0.05, 0) is 31.2 Å². The molecule has 0 unspecified atom stereocenters. The predicted octanol–water partition coefficient (Wildman–Crippen LogP) is 2.14. The Balaban J connectivity index is 2.17. The van der Waals surface area contributed by atoms with Gasteiger partial charge in [0.25, 0.3) is 10.0 Å². The highest BCUT2D eigenvalue weighted by Gasteiger charge is 2.32. The molecule has 0 spiro atoms. The fraction of sp³-hybridized carbons (Fsp3) is 0.133. The van der Waals surface area contributed by atoms with Crippen LogP contribution in [0.5, 0.6) is 0 Å². The molecule has 2 aromatic carbocycles. The quantitative estimate of drug-likeness (QED) is 0.877. The summed E-state index contributed by atoms with van der Waals surface area (Å²) < 4.78 is 26.7. The summed E-state index contributed by atoms with van der Waals surface area (Å²) in [6.45, 7) is 1.68. The van der Waals surface area contributed by atoms with Crippen LogP contribution in [0.4, 0.5) is 11.4 Å². The largest absolute Gasteiger partial charge is 0.323 e. The zero-order valence-electron chi connectivity index (χ0n) is 11.4. The van der Waals surface area contributed by atoms with Crippen molar-refractivity contribution >= 4 is 27.3 Å². The van der Waals surface area contributed by atoms with Crippen molar-refractivity contribution in [1.82, 2.24) is 0 Å². The Bertz CT molecular complexity index is 798. The monoisotopic (exact) mass is 302 g/mol. The van der Waals surface area contributed by atoms with E-state index < -0.39 is 10.0 Å². The third-order valence-corrected chi connectivity index (χ3v) is 5.17. The standard InChI is InChI=1S/C15H14N2O3S/c1-11-6-8-12(9-7-11)17-10-15(18)16-13-4-2-3-5-14(13)21(17,19)20/h2-9H,10H2,1H3,(H,16,18). The Morgan fingerprint density at radius 3 is 2.43 bits per heavy atom. The van der Waals surface area contributed by atoms with E-state index in [4.69, 9.17) is 0 Å². The molecular weight excluding hydrogens is 288 g/mol. The third-order valence-electron chi connectivity index (χ3n) is 3.34. The van der Waals surface area contributed by atoms with E-state index in [-0.39, 0.29) is 17.3 Å². The number of amides is 1. The fourth-order valence-corrected chi connectivity index (χ4v) is 3.83. The van der Waals surface area contributed by atoms with Gasteiger partial charge in [0.2, 0.25) is 5.91 Å². The summed E-state index contributed by atoms with van der Waals surface area (Å²) >= 11 is 0. The highest BCUT2D eigenvalue weighted by Crippen LogP contribution is 2.30. The average Bonchev–Trinajstić information content (AvgIpc) is 2.55. The zero-order chi connectivity index (χ0) is 15.0. The van der Waals surface area contributed by atoms with Gasteiger partial charge in [-0.3, -0.25) is 9.10 Å². The molecular formula is C15H14N2O3S. The van der Waals surface area contributed by atoms with Gasteiger partial charge in [-0.1, -0.05) is 29.8 Å². The average molecular weight is 302 g/mol. The van der Waals surface area contributed by atoms with Crippen molar-refractivity contribution in [1.29, 1.82) is 0 Å². The highest BCUT2D eigenvalue weighted by molar-refractivity contribution is 7.93. The number of aryl methyl sites for hydroxylation is 1. The summed E-state index contributed by atoms with van der Waals surface area (Å²) in [6.07, 6.45) is 0. The minimum Gasteiger partial charge on any atom is -0.323 e. The Kier molecular flexibility index (Phi) is 3.17. The molecule has 1 N–H and O–H groups in total. The van der Waals surface area contributed by atoms with E-state index in [1.165, 1.54) is 6.07 Å². The maximum absolute atomic E-state index is 12.8. The summed E-state index contributed by atoms with van der Waals surface area (Å²) in [7, 11) is -3.77. The molecule has 0 atom stereocenters. The second kappa shape index (κ2) is 4.89. The van der Waals surface area contributed by atoms with Crippen LogP contribution in [0, 0.1) is 6.92 Å². The molecule has 1 heterocycles. The Morgan fingerprint density at radius 2 is 1.71 bits per heavy atom. The minimum atomic E-state index is -3.77. The van der Waals surface area contributed by atoms with Gasteiger partial charge in [0.1, 0.15) is 11.4 Å². The van der Waals surface area contributed by atoms with Crippen LogP contribution in [0.2, 0.25) is 0 Å². The van der Waals surface area contributed by atoms with Crippen LogP contribution in [0.15, 0.2) is 53.4 Å². The lowest BCUT2D eigenvalue weighted by atomic mass is 10.2. The Hall–Kier alpha value is -2.34. The first-order valence-corrected chi connectivity index (χ1v) is 7.91. The molecule has 2 aromatic rings. The lowest BCUT2D eigenvalue weighted by Crippen LogP contribution is -2.35. The van der Waals surface area contributed by atoms with Crippen molar-refractivity contribution < 1.29 is 13.2 Å². The number of para-hydroxylation sites is 1. The van der Waals surface area contributed by atoms with Crippen LogP contribution in [-0.4, -0.2) is 20.9 Å². The first-order valence-electron chi connectivity index (χ1n) is 6.47. The normalized spacial score (nSPS) is 16.8. The SMILES string of the molecule is Cc1ccc(N2CC(=O)Nc3ccccc3S2(=O)=O)cc1. The molecule has 0 aromatic heterocycles. The van der Waals surface area contributed by atoms with Crippen molar-refractivity contribution in [3.8, 4) is 0 Å². The smallest absolute Gasteiger partial charge is 0.266 e. The summed E-state index contributed by atoms with van der Waals surface area (Å²) in [5.41, 5.74) is 1.82. The second-order valence-corrected chi connectivity index (χ2v) is 6.72. The van der Waals surface area contributed by atoms with Gasteiger partial charge in [-0.15, -0.1) is 0 Å². The van der Waals surface area contributed by atoms with E-state index in [2.05, 4.69) is 5.32 Å². The summed E-state index contributed by atoms with van der Waals surface area (Å²) in [4.78, 5) is 12.1. The van der Waals surface area contributed by atoms with E-state index in [0.717, 1.165) is 9.87 Å². The number of benzene rings is 2. The molecule has 1 aliphatic heterocycles. The van der Waals surface area contributed by atoms with E-state index in [1.807, 2.05) is 19.1 Å². The molecule has 1 aliphatic rings. The third kappa shape index (κ3) is 2.38. The Morgan fingerprint density at radius 1 is 1.05 bits per heavy atom. The molecule has 1 amide bonds. The van der Waals surface area contributed by atoms with E-state index in [9.17, 15) is 13.2 Å². The lowest BCUT2D eigenvalue weighted by Gasteiger charge is -2.21. The molecule has 21 heavy (non-hydrogen) atoms. The number of sulfonamides is 1. The van der Waals surface area contributed by atoms with Gasteiger partial charge in [-0.2, -0.15) is 0 Å². The molecule has 0 saturated carbocycles. The summed E-state index contributed by atoms with van der Waals surface area (Å²) in [5.74, 6) is -0.357. The van der Waals surface area contributed by atoms with Gasteiger partial charge in [0, 0.05) is 0 Å². The number of carbonyl (C=O) groups is 1. The molecule has 6 heteroatoms. The van der Waals surface area contributed by atoms with E-state index in [1.54, 1.807) is 30.3 Å². The molecule has 3 rings (SSSR count). The van der Waals surface area contributed by atoms with Crippen LogP contribution in [0.3, 0.4) is 0 Å². The fourth-order valence-electron chi connectivity index (χ4n) is 2.26. The van der Waals surface area contributed by atoms with Crippen molar-refractivity contribution in [3.63, 3.8) is 0 Å². The van der Waals surface area contributed by atoms with Gasteiger partial charge in [0.15, 0.2) is 0 Å². The molecule has 0 aliphatic carbocycles. The number of rotatable bonds is 1. The van der Waals surface area contributed by atoms with Crippen LogP contribution >= 0.6 is 0 Å². The van der Waals surface area contributed by atoms with Crippen LogP contribution in [-0.2, 0) is 14.8 Å². The van der Waals surface area contributed by atoms with Gasteiger partial charge in [0.05, 0.1) is 11.4 Å². The molecule has 0 bridgehead atoms. The molecule has 5 nitrogen and oxygen atoms in total.